The second kappa shape index (κ2) is 4.81. The maximum absolute atomic E-state index is 6.08. The second-order valence-corrected chi connectivity index (χ2v) is 5.07. The number of nitrogens with two attached hydrogens (primary N) is 1. The molecule has 1 atom stereocenters. The lowest BCUT2D eigenvalue weighted by atomic mass is 9.73. The smallest absolute Gasteiger partial charge is 0.0469 e. The number of piperidine rings is 1. The van der Waals surface area contributed by atoms with Gasteiger partial charge in [-0.2, -0.15) is 0 Å². The first kappa shape index (κ1) is 11.4. The molecule has 0 aliphatic carbocycles. The predicted molar refractivity (Wildman–Crippen MR) is 61.8 cm³/mol. The molecule has 3 heteroatoms. The predicted octanol–water partition coefficient (Wildman–Crippen LogP) is 1.23. The molecule has 0 aromatic heterocycles. The van der Waals surface area contributed by atoms with E-state index in [0.717, 1.165) is 25.7 Å². The molecule has 0 aromatic carbocycles. The van der Waals surface area contributed by atoms with Crippen molar-refractivity contribution in [3.63, 3.8) is 0 Å². The molecule has 2 heterocycles. The third kappa shape index (κ3) is 2.05. The minimum atomic E-state index is 0.280. The average molecular weight is 212 g/mol. The zero-order valence-corrected chi connectivity index (χ0v) is 9.87. The van der Waals surface area contributed by atoms with Gasteiger partial charge in [0.25, 0.3) is 0 Å². The van der Waals surface area contributed by atoms with Gasteiger partial charge < -0.3 is 10.5 Å². The van der Waals surface area contributed by atoms with E-state index >= 15 is 0 Å². The van der Waals surface area contributed by atoms with Crippen molar-refractivity contribution in [2.75, 3.05) is 33.4 Å². The first-order valence-corrected chi connectivity index (χ1v) is 6.28. The number of likely N-dealkylation sites (tertiary alicyclic amines) is 1. The van der Waals surface area contributed by atoms with Crippen LogP contribution in [0.4, 0.5) is 0 Å². The van der Waals surface area contributed by atoms with E-state index in [1.54, 1.807) is 0 Å². The number of ether oxygens (including phenoxy) is 1. The first-order chi connectivity index (χ1) is 7.29. The molecular weight excluding hydrogens is 188 g/mol. The molecule has 2 rings (SSSR count). The molecule has 0 bridgehead atoms. The van der Waals surface area contributed by atoms with Gasteiger partial charge in [0.1, 0.15) is 0 Å². The Kier molecular flexibility index (Phi) is 3.65. The van der Waals surface area contributed by atoms with Gasteiger partial charge in [-0.1, -0.05) is 6.42 Å². The zero-order chi connectivity index (χ0) is 10.7. The van der Waals surface area contributed by atoms with Gasteiger partial charge in [0.15, 0.2) is 0 Å². The highest BCUT2D eigenvalue weighted by Crippen LogP contribution is 2.37. The van der Waals surface area contributed by atoms with Gasteiger partial charge in [-0.05, 0) is 45.2 Å². The molecule has 3 nitrogen and oxygen atoms in total. The van der Waals surface area contributed by atoms with Crippen molar-refractivity contribution in [2.24, 2.45) is 11.7 Å². The molecular formula is C12H24N2O. The van der Waals surface area contributed by atoms with Crippen LogP contribution in [0.15, 0.2) is 0 Å². The minimum Gasteiger partial charge on any atom is -0.381 e. The SMILES string of the molecule is CN1CCCCC1(CN)C1CCOCC1. The Hall–Kier alpha value is -0.120. The Balaban J connectivity index is 2.10. The molecule has 2 N–H and O–H groups in total. The largest absolute Gasteiger partial charge is 0.381 e. The van der Waals surface area contributed by atoms with Gasteiger partial charge in [-0.3, -0.25) is 4.90 Å². The molecule has 88 valence electrons. The molecule has 2 aliphatic heterocycles. The van der Waals surface area contributed by atoms with Crippen LogP contribution in [-0.4, -0.2) is 43.8 Å². The highest BCUT2D eigenvalue weighted by Gasteiger charge is 2.42. The Labute approximate surface area is 93.0 Å². The fourth-order valence-electron chi connectivity index (χ4n) is 3.37. The van der Waals surface area contributed by atoms with E-state index in [4.69, 9.17) is 10.5 Å². The molecule has 2 aliphatic rings. The van der Waals surface area contributed by atoms with Crippen LogP contribution >= 0.6 is 0 Å². The summed E-state index contributed by atoms with van der Waals surface area (Å²) in [4.78, 5) is 2.52. The number of nitrogens with zero attached hydrogens (tertiary/aromatic N) is 1. The molecule has 0 spiro atoms. The van der Waals surface area contributed by atoms with Crippen molar-refractivity contribution in [2.45, 2.75) is 37.6 Å². The first-order valence-electron chi connectivity index (χ1n) is 6.28. The minimum absolute atomic E-state index is 0.280. The monoisotopic (exact) mass is 212 g/mol. The van der Waals surface area contributed by atoms with Gasteiger partial charge in [-0.15, -0.1) is 0 Å². The molecule has 0 radical (unpaired) electrons. The zero-order valence-electron chi connectivity index (χ0n) is 9.87. The number of hydrogen-bond donors (Lipinski definition) is 1. The second-order valence-electron chi connectivity index (χ2n) is 5.07. The van der Waals surface area contributed by atoms with E-state index in [0.29, 0.717) is 0 Å². The summed E-state index contributed by atoms with van der Waals surface area (Å²) in [5, 5.41) is 0. The van der Waals surface area contributed by atoms with Crippen molar-refractivity contribution in [1.82, 2.24) is 4.90 Å². The van der Waals surface area contributed by atoms with Crippen LogP contribution in [0.3, 0.4) is 0 Å². The number of likely N-dealkylation sites (N-methyl/N-ethyl adjacent to an activating group) is 1. The number of hydrogen-bond acceptors (Lipinski definition) is 3. The molecule has 2 saturated heterocycles. The van der Waals surface area contributed by atoms with Crippen LogP contribution in [0.2, 0.25) is 0 Å². The topological polar surface area (TPSA) is 38.5 Å². The summed E-state index contributed by atoms with van der Waals surface area (Å²) in [5.41, 5.74) is 6.36. The van der Waals surface area contributed by atoms with E-state index in [2.05, 4.69) is 11.9 Å². The van der Waals surface area contributed by atoms with Crippen molar-refractivity contribution >= 4 is 0 Å². The molecule has 15 heavy (non-hydrogen) atoms. The van der Waals surface area contributed by atoms with Gasteiger partial charge in [0.2, 0.25) is 0 Å². The lowest BCUT2D eigenvalue weighted by molar-refractivity contribution is -0.0333. The lowest BCUT2D eigenvalue weighted by Gasteiger charge is -2.51. The van der Waals surface area contributed by atoms with Crippen molar-refractivity contribution < 1.29 is 4.74 Å². The van der Waals surface area contributed by atoms with Crippen molar-refractivity contribution in [3.8, 4) is 0 Å². The highest BCUT2D eigenvalue weighted by molar-refractivity contribution is 4.99. The third-order valence-electron chi connectivity index (χ3n) is 4.45. The standard InChI is InChI=1S/C12H24N2O/c1-14-7-3-2-6-12(14,10-13)11-4-8-15-9-5-11/h11H,2-10,13H2,1H3. The summed E-state index contributed by atoms with van der Waals surface area (Å²) in [6.45, 7) is 3.89. The van der Waals surface area contributed by atoms with E-state index in [1.807, 2.05) is 0 Å². The third-order valence-corrected chi connectivity index (χ3v) is 4.45. The summed E-state index contributed by atoms with van der Waals surface area (Å²) in [7, 11) is 2.25. The van der Waals surface area contributed by atoms with Gasteiger partial charge in [-0.25, -0.2) is 0 Å². The summed E-state index contributed by atoms with van der Waals surface area (Å²) in [5.74, 6) is 0.751. The fraction of sp³-hybridized carbons (Fsp3) is 1.00. The van der Waals surface area contributed by atoms with Crippen LogP contribution in [0.1, 0.15) is 32.1 Å². The summed E-state index contributed by atoms with van der Waals surface area (Å²) in [6.07, 6.45) is 6.36. The Bertz CT molecular complexity index is 204. The van der Waals surface area contributed by atoms with E-state index in [-0.39, 0.29) is 5.54 Å². The van der Waals surface area contributed by atoms with Gasteiger partial charge >= 0.3 is 0 Å². The Morgan fingerprint density at radius 1 is 1.33 bits per heavy atom. The van der Waals surface area contributed by atoms with Crippen LogP contribution in [0, 0.1) is 5.92 Å². The maximum Gasteiger partial charge on any atom is 0.0469 e. The lowest BCUT2D eigenvalue weighted by Crippen LogP contribution is -2.60. The van der Waals surface area contributed by atoms with Crippen LogP contribution < -0.4 is 5.73 Å². The molecule has 0 saturated carbocycles. The van der Waals surface area contributed by atoms with Crippen LogP contribution in [-0.2, 0) is 4.74 Å². The highest BCUT2D eigenvalue weighted by atomic mass is 16.5. The Morgan fingerprint density at radius 2 is 2.07 bits per heavy atom. The molecule has 0 amide bonds. The van der Waals surface area contributed by atoms with Gasteiger partial charge in [0.05, 0.1) is 0 Å². The van der Waals surface area contributed by atoms with E-state index < -0.39 is 0 Å². The average Bonchev–Trinajstić information content (AvgIpc) is 2.31. The van der Waals surface area contributed by atoms with Gasteiger partial charge in [0, 0.05) is 25.3 Å². The quantitative estimate of drug-likeness (QED) is 0.748. The molecule has 2 fully saturated rings. The number of rotatable bonds is 2. The maximum atomic E-state index is 6.08. The fourth-order valence-corrected chi connectivity index (χ4v) is 3.37. The Morgan fingerprint density at radius 3 is 2.67 bits per heavy atom. The molecule has 0 aromatic rings. The summed E-state index contributed by atoms with van der Waals surface area (Å²) in [6, 6.07) is 0. The molecule has 1 unspecified atom stereocenters. The normalized spacial score (nSPS) is 35.6. The van der Waals surface area contributed by atoms with E-state index in [9.17, 15) is 0 Å². The van der Waals surface area contributed by atoms with Crippen molar-refractivity contribution in [1.29, 1.82) is 0 Å². The van der Waals surface area contributed by atoms with Crippen LogP contribution in [0.5, 0.6) is 0 Å². The summed E-state index contributed by atoms with van der Waals surface area (Å²) >= 11 is 0. The van der Waals surface area contributed by atoms with Crippen molar-refractivity contribution in [3.05, 3.63) is 0 Å². The van der Waals surface area contributed by atoms with E-state index in [1.165, 1.54) is 38.6 Å². The summed E-state index contributed by atoms with van der Waals surface area (Å²) < 4.78 is 5.46. The van der Waals surface area contributed by atoms with Crippen LogP contribution in [0.25, 0.3) is 0 Å².